The summed E-state index contributed by atoms with van der Waals surface area (Å²) in [6.45, 7) is 3.99. The molecule has 3 aromatic heterocycles. The first-order valence-electron chi connectivity index (χ1n) is 7.74. The first-order chi connectivity index (χ1) is 11.9. The Kier molecular flexibility index (Phi) is 4.98. The Morgan fingerprint density at radius 1 is 1.28 bits per heavy atom. The second kappa shape index (κ2) is 7.03. The van der Waals surface area contributed by atoms with Crippen LogP contribution in [-0.4, -0.2) is 27.9 Å². The number of rotatable bonds is 6. The zero-order valence-corrected chi connectivity index (χ0v) is 15.8. The summed E-state index contributed by atoms with van der Waals surface area (Å²) in [5.41, 5.74) is 2.17. The third-order valence-corrected chi connectivity index (χ3v) is 5.64. The predicted octanol–water partition coefficient (Wildman–Crippen LogP) is 2.54. The minimum atomic E-state index is -3.73. The van der Waals surface area contributed by atoms with Crippen molar-refractivity contribution in [3.05, 3.63) is 46.9 Å². The largest absolute Gasteiger partial charge is 0.336 e. The molecule has 3 aromatic rings. The minimum absolute atomic E-state index is 0.0136. The summed E-state index contributed by atoms with van der Waals surface area (Å²) in [6, 6.07) is 1.93. The van der Waals surface area contributed by atoms with Crippen molar-refractivity contribution in [3.63, 3.8) is 0 Å². The first kappa shape index (κ1) is 17.7. The molecule has 0 radical (unpaired) electrons. The average molecular weight is 377 g/mol. The highest BCUT2D eigenvalue weighted by Crippen LogP contribution is 2.22. The summed E-state index contributed by atoms with van der Waals surface area (Å²) in [5.74, 6) is 0.859. The van der Waals surface area contributed by atoms with Crippen molar-refractivity contribution in [2.24, 2.45) is 7.05 Å². The van der Waals surface area contributed by atoms with E-state index in [9.17, 15) is 8.42 Å². The Bertz CT molecular complexity index is 962. The maximum Gasteiger partial charge on any atom is 0.259 e. The van der Waals surface area contributed by atoms with Crippen molar-refractivity contribution < 1.29 is 8.42 Å². The van der Waals surface area contributed by atoms with Gasteiger partial charge in [0.15, 0.2) is 5.03 Å². The van der Waals surface area contributed by atoms with Gasteiger partial charge in [-0.1, -0.05) is 13.8 Å². The number of sulfonamides is 1. The van der Waals surface area contributed by atoms with Gasteiger partial charge < -0.3 is 4.57 Å². The normalized spacial score (nSPS) is 12.0. The molecule has 0 bridgehead atoms. The number of nitrogens with one attached hydrogen (secondary N) is 1. The van der Waals surface area contributed by atoms with Crippen LogP contribution in [0.15, 0.2) is 40.4 Å². The van der Waals surface area contributed by atoms with Crippen molar-refractivity contribution >= 4 is 21.4 Å². The van der Waals surface area contributed by atoms with E-state index < -0.39 is 10.0 Å². The van der Waals surface area contributed by atoms with Crippen LogP contribution in [-0.2, 0) is 23.6 Å². The van der Waals surface area contributed by atoms with E-state index >= 15 is 0 Å². The van der Waals surface area contributed by atoms with Crippen molar-refractivity contribution in [1.29, 1.82) is 0 Å². The molecule has 0 unspecified atom stereocenters. The van der Waals surface area contributed by atoms with E-state index in [1.807, 2.05) is 30.7 Å². The summed E-state index contributed by atoms with van der Waals surface area (Å²) in [4.78, 5) is 12.8. The Hall–Kier alpha value is -2.10. The molecule has 0 atom stereocenters. The molecule has 132 valence electrons. The number of hydrogen-bond donors (Lipinski definition) is 1. The molecule has 25 heavy (non-hydrogen) atoms. The fourth-order valence-electron chi connectivity index (χ4n) is 2.49. The van der Waals surface area contributed by atoms with Crippen molar-refractivity contribution in [1.82, 2.24) is 24.2 Å². The number of imidazole rings is 1. The van der Waals surface area contributed by atoms with Gasteiger partial charge in [-0.3, -0.25) is 9.97 Å². The van der Waals surface area contributed by atoms with Gasteiger partial charge in [0.05, 0.1) is 17.9 Å². The second-order valence-corrected chi connectivity index (χ2v) is 8.39. The number of thiophene rings is 1. The van der Waals surface area contributed by atoms with Gasteiger partial charge in [0.25, 0.3) is 10.0 Å². The van der Waals surface area contributed by atoms with Gasteiger partial charge >= 0.3 is 0 Å². The Morgan fingerprint density at radius 2 is 2.04 bits per heavy atom. The highest BCUT2D eigenvalue weighted by molar-refractivity contribution is 7.89. The van der Waals surface area contributed by atoms with E-state index in [2.05, 4.69) is 19.7 Å². The molecular formula is C16H19N5O2S2. The van der Waals surface area contributed by atoms with Crippen LogP contribution in [0.3, 0.4) is 0 Å². The van der Waals surface area contributed by atoms with Gasteiger partial charge in [-0.15, -0.1) is 0 Å². The topological polar surface area (TPSA) is 89.8 Å². The molecule has 0 saturated heterocycles. The monoisotopic (exact) mass is 377 g/mol. The number of hydrogen-bond acceptors (Lipinski definition) is 6. The number of aryl methyl sites for hydroxylation is 1. The Labute approximate surface area is 150 Å². The minimum Gasteiger partial charge on any atom is -0.336 e. The number of aromatic nitrogens is 4. The van der Waals surface area contributed by atoms with Gasteiger partial charge in [0.2, 0.25) is 0 Å². The van der Waals surface area contributed by atoms with Crippen LogP contribution in [0, 0.1) is 0 Å². The standard InChI is InChI=1S/C16H19N5O2S2/c1-11(2)16-20-14(9-21(16)3)25(22,23)19-8-13-15(18-6-5-17-13)12-4-7-24-10-12/h4-7,9-11,19H,8H2,1-3H3. The van der Waals surface area contributed by atoms with Crippen molar-refractivity contribution in [2.75, 3.05) is 0 Å². The average Bonchev–Trinajstić information content (AvgIpc) is 3.23. The van der Waals surface area contributed by atoms with Gasteiger partial charge in [-0.2, -0.15) is 11.3 Å². The van der Waals surface area contributed by atoms with Crippen LogP contribution in [0.25, 0.3) is 11.3 Å². The molecule has 0 aliphatic rings. The third-order valence-electron chi connectivity index (χ3n) is 3.68. The van der Waals surface area contributed by atoms with E-state index in [1.165, 1.54) is 6.20 Å². The van der Waals surface area contributed by atoms with E-state index in [1.54, 1.807) is 35.3 Å². The van der Waals surface area contributed by atoms with Crippen molar-refractivity contribution in [3.8, 4) is 11.3 Å². The Morgan fingerprint density at radius 3 is 2.68 bits per heavy atom. The Balaban J connectivity index is 1.83. The third kappa shape index (κ3) is 3.78. The fraction of sp³-hybridized carbons (Fsp3) is 0.312. The molecule has 3 rings (SSSR count). The highest BCUT2D eigenvalue weighted by atomic mass is 32.2. The molecule has 0 aromatic carbocycles. The van der Waals surface area contributed by atoms with Gasteiger partial charge in [-0.05, 0) is 11.4 Å². The van der Waals surface area contributed by atoms with Crippen molar-refractivity contribution in [2.45, 2.75) is 31.3 Å². The SMILES string of the molecule is CC(C)c1nc(S(=O)(=O)NCc2nccnc2-c2ccsc2)cn1C. The lowest BCUT2D eigenvalue weighted by atomic mass is 10.2. The summed E-state index contributed by atoms with van der Waals surface area (Å²) in [6.07, 6.45) is 4.67. The van der Waals surface area contributed by atoms with E-state index in [-0.39, 0.29) is 17.5 Å². The maximum atomic E-state index is 12.6. The summed E-state index contributed by atoms with van der Waals surface area (Å²) in [7, 11) is -1.94. The maximum absolute atomic E-state index is 12.6. The van der Waals surface area contributed by atoms with E-state index in [0.717, 1.165) is 11.4 Å². The summed E-state index contributed by atoms with van der Waals surface area (Å²) >= 11 is 1.55. The van der Waals surface area contributed by atoms with E-state index in [0.29, 0.717) is 11.4 Å². The van der Waals surface area contributed by atoms with Crippen LogP contribution in [0.4, 0.5) is 0 Å². The molecule has 9 heteroatoms. The lowest BCUT2D eigenvalue weighted by Gasteiger charge is -2.07. The smallest absolute Gasteiger partial charge is 0.259 e. The highest BCUT2D eigenvalue weighted by Gasteiger charge is 2.21. The molecule has 0 fully saturated rings. The molecule has 0 aliphatic carbocycles. The molecule has 1 N–H and O–H groups in total. The number of nitrogens with zero attached hydrogens (tertiary/aromatic N) is 4. The van der Waals surface area contributed by atoms with Crippen LogP contribution < -0.4 is 4.72 Å². The van der Waals surface area contributed by atoms with Gasteiger partial charge in [0, 0.05) is 42.5 Å². The first-order valence-corrected chi connectivity index (χ1v) is 10.2. The summed E-state index contributed by atoms with van der Waals surface area (Å²) in [5, 5.41) is 3.91. The lowest BCUT2D eigenvalue weighted by Crippen LogP contribution is -2.24. The van der Waals surface area contributed by atoms with Crippen LogP contribution in [0.2, 0.25) is 0 Å². The van der Waals surface area contributed by atoms with Crippen LogP contribution in [0.1, 0.15) is 31.3 Å². The molecule has 0 saturated carbocycles. The quantitative estimate of drug-likeness (QED) is 0.713. The van der Waals surface area contributed by atoms with Gasteiger partial charge in [-0.25, -0.2) is 18.1 Å². The molecular weight excluding hydrogens is 358 g/mol. The van der Waals surface area contributed by atoms with E-state index in [4.69, 9.17) is 0 Å². The lowest BCUT2D eigenvalue weighted by molar-refractivity contribution is 0.576. The fourth-order valence-corrected chi connectivity index (χ4v) is 4.12. The van der Waals surface area contributed by atoms with Crippen LogP contribution in [0.5, 0.6) is 0 Å². The molecule has 7 nitrogen and oxygen atoms in total. The molecule has 0 spiro atoms. The predicted molar refractivity (Wildman–Crippen MR) is 96.7 cm³/mol. The molecule has 3 heterocycles. The van der Waals surface area contributed by atoms with Crippen LogP contribution >= 0.6 is 11.3 Å². The molecule has 0 aliphatic heterocycles. The second-order valence-electron chi connectivity index (χ2n) is 5.89. The summed E-state index contributed by atoms with van der Waals surface area (Å²) < 4.78 is 29.4. The molecule has 0 amide bonds. The van der Waals surface area contributed by atoms with Gasteiger partial charge in [0.1, 0.15) is 5.82 Å². The zero-order valence-electron chi connectivity index (χ0n) is 14.2. The zero-order chi connectivity index (χ0) is 18.0.